The van der Waals surface area contributed by atoms with Gasteiger partial charge in [0, 0.05) is 5.56 Å². The van der Waals surface area contributed by atoms with E-state index in [-0.39, 0.29) is 12.0 Å². The first-order valence-electron chi connectivity index (χ1n) is 5.35. The van der Waals surface area contributed by atoms with Gasteiger partial charge in [-0.2, -0.15) is 13.2 Å². The van der Waals surface area contributed by atoms with Gasteiger partial charge in [-0.1, -0.05) is 24.3 Å². The molecule has 8 heteroatoms. The number of hydrogen-bond acceptors (Lipinski definition) is 4. The van der Waals surface area contributed by atoms with E-state index < -0.39 is 23.9 Å². The highest BCUT2D eigenvalue weighted by atomic mass is 19.4. The maximum Gasteiger partial charge on any atom is 0.442 e. The van der Waals surface area contributed by atoms with Crippen LogP contribution in [0.5, 0.6) is 0 Å². The highest BCUT2D eigenvalue weighted by Crippen LogP contribution is 2.52. The number of nitrogens with zero attached hydrogens (tertiary/aromatic N) is 2. The van der Waals surface area contributed by atoms with Gasteiger partial charge in [0.1, 0.15) is 6.04 Å². The molecule has 0 aromatic heterocycles. The quantitative estimate of drug-likeness (QED) is 0.877. The Kier molecular flexibility index (Phi) is 3.05. The summed E-state index contributed by atoms with van der Waals surface area (Å²) in [5.41, 5.74) is 3.34. The second-order valence-corrected chi connectivity index (χ2v) is 4.22. The van der Waals surface area contributed by atoms with Gasteiger partial charge in [-0.05, 0) is 12.0 Å². The minimum atomic E-state index is -4.56. The molecule has 0 fully saturated rings. The molecule has 0 aliphatic carbocycles. The Morgan fingerprint density at radius 3 is 2.21 bits per heavy atom. The fraction of sp³-hybridized carbons (Fsp3) is 0.364. The molecule has 0 bridgehead atoms. The van der Waals surface area contributed by atoms with Crippen molar-refractivity contribution in [1.82, 2.24) is 0 Å². The topological polar surface area (TPSA) is 88.0 Å². The van der Waals surface area contributed by atoms with Crippen LogP contribution in [0, 0.1) is 0 Å². The van der Waals surface area contributed by atoms with Crippen molar-refractivity contribution >= 4 is 5.97 Å². The minimum Gasteiger partial charge on any atom is -0.480 e. The molecule has 1 atom stereocenters. The van der Waals surface area contributed by atoms with Crippen LogP contribution in [-0.2, 0) is 16.9 Å². The molecule has 1 heterocycles. The molecule has 0 spiro atoms. The number of carbonyl (C=O) groups is 1. The lowest BCUT2D eigenvalue weighted by molar-refractivity contribution is -0.166. The maximum absolute atomic E-state index is 12.7. The van der Waals surface area contributed by atoms with E-state index in [0.29, 0.717) is 5.56 Å². The summed E-state index contributed by atoms with van der Waals surface area (Å²) in [4.78, 5) is 10.6. The number of rotatable bonds is 4. The first-order chi connectivity index (χ1) is 8.76. The molecular weight excluding hydrogens is 263 g/mol. The second-order valence-electron chi connectivity index (χ2n) is 4.22. The fourth-order valence-electron chi connectivity index (χ4n) is 1.66. The predicted molar refractivity (Wildman–Crippen MR) is 58.3 cm³/mol. The second kappa shape index (κ2) is 4.30. The van der Waals surface area contributed by atoms with Gasteiger partial charge in [0.15, 0.2) is 0 Å². The lowest BCUT2D eigenvalue weighted by atomic mass is 9.99. The van der Waals surface area contributed by atoms with E-state index in [0.717, 1.165) is 0 Å². The summed E-state index contributed by atoms with van der Waals surface area (Å²) < 4.78 is 38.1. The van der Waals surface area contributed by atoms with Gasteiger partial charge >= 0.3 is 17.8 Å². The molecule has 0 radical (unpaired) electrons. The Labute approximate surface area is 105 Å². The van der Waals surface area contributed by atoms with Gasteiger partial charge in [-0.25, -0.2) is 0 Å². The molecule has 1 aromatic rings. The summed E-state index contributed by atoms with van der Waals surface area (Å²) in [5, 5.41) is 14.8. The molecule has 1 aliphatic rings. The molecule has 0 amide bonds. The van der Waals surface area contributed by atoms with Gasteiger partial charge in [0.05, 0.1) is 0 Å². The van der Waals surface area contributed by atoms with Gasteiger partial charge in [-0.3, -0.25) is 4.79 Å². The van der Waals surface area contributed by atoms with Crippen molar-refractivity contribution in [2.45, 2.75) is 24.3 Å². The van der Waals surface area contributed by atoms with Crippen LogP contribution in [0.4, 0.5) is 13.2 Å². The summed E-state index contributed by atoms with van der Waals surface area (Å²) >= 11 is 0. The molecule has 1 aliphatic heterocycles. The SMILES string of the molecule is NC(Cc1ccc(C2(C(F)(F)F)N=N2)cc1)C(=O)O. The van der Waals surface area contributed by atoms with E-state index in [1.165, 1.54) is 24.3 Å². The van der Waals surface area contributed by atoms with Crippen LogP contribution in [0.3, 0.4) is 0 Å². The monoisotopic (exact) mass is 273 g/mol. The zero-order valence-electron chi connectivity index (χ0n) is 9.55. The van der Waals surface area contributed by atoms with Crippen molar-refractivity contribution in [3.63, 3.8) is 0 Å². The van der Waals surface area contributed by atoms with E-state index in [9.17, 15) is 18.0 Å². The summed E-state index contributed by atoms with van der Waals surface area (Å²) in [6.07, 6.45) is -4.52. The number of nitrogens with two attached hydrogens (primary N) is 1. The average molecular weight is 273 g/mol. The van der Waals surface area contributed by atoms with Crippen molar-refractivity contribution in [3.8, 4) is 0 Å². The molecule has 2 rings (SSSR count). The summed E-state index contributed by atoms with van der Waals surface area (Å²) in [5.74, 6) is -1.16. The van der Waals surface area contributed by atoms with Crippen LogP contribution in [0.1, 0.15) is 11.1 Å². The van der Waals surface area contributed by atoms with E-state index in [1.807, 2.05) is 0 Å². The summed E-state index contributed by atoms with van der Waals surface area (Å²) in [6, 6.07) is 4.18. The Balaban J connectivity index is 2.14. The maximum atomic E-state index is 12.7. The number of halogens is 3. The summed E-state index contributed by atoms with van der Waals surface area (Å²) in [6.45, 7) is 0. The molecule has 19 heavy (non-hydrogen) atoms. The smallest absolute Gasteiger partial charge is 0.442 e. The third-order valence-corrected chi connectivity index (χ3v) is 2.82. The van der Waals surface area contributed by atoms with Crippen molar-refractivity contribution in [1.29, 1.82) is 0 Å². The molecule has 1 unspecified atom stereocenters. The molecule has 0 saturated heterocycles. The number of carboxylic acid groups (broad SMARTS) is 1. The Bertz CT molecular complexity index is 519. The standard InChI is InChI=1S/C11H10F3N3O2/c12-11(13,14)10(16-17-10)7-3-1-6(2-4-7)5-8(15)9(18)19/h1-4,8H,5,15H2,(H,18,19). The Morgan fingerprint density at radius 2 is 1.84 bits per heavy atom. The average Bonchev–Trinajstić information content (AvgIpc) is 3.10. The van der Waals surface area contributed by atoms with Crippen LogP contribution in [-0.4, -0.2) is 23.3 Å². The zero-order valence-corrected chi connectivity index (χ0v) is 9.55. The van der Waals surface area contributed by atoms with Crippen molar-refractivity contribution in [2.75, 3.05) is 0 Å². The predicted octanol–water partition coefficient (Wildman–Crippen LogP) is 1.82. The third-order valence-electron chi connectivity index (χ3n) is 2.82. The van der Waals surface area contributed by atoms with E-state index in [2.05, 4.69) is 10.2 Å². The first-order valence-corrected chi connectivity index (χ1v) is 5.35. The number of carboxylic acids is 1. The Morgan fingerprint density at radius 1 is 1.32 bits per heavy atom. The van der Waals surface area contributed by atoms with E-state index in [4.69, 9.17) is 10.8 Å². The highest BCUT2D eigenvalue weighted by Gasteiger charge is 2.65. The molecular formula is C11H10F3N3O2. The number of hydrogen-bond donors (Lipinski definition) is 2. The lowest BCUT2D eigenvalue weighted by Gasteiger charge is -2.15. The van der Waals surface area contributed by atoms with Crippen LogP contribution in [0.15, 0.2) is 34.5 Å². The normalized spacial score (nSPS) is 18.1. The molecule has 102 valence electrons. The molecule has 3 N–H and O–H groups in total. The van der Waals surface area contributed by atoms with Gasteiger partial charge in [-0.15, -0.1) is 10.2 Å². The first kappa shape index (κ1) is 13.5. The fourth-order valence-corrected chi connectivity index (χ4v) is 1.66. The summed E-state index contributed by atoms with van der Waals surface area (Å²) in [7, 11) is 0. The lowest BCUT2D eigenvalue weighted by Crippen LogP contribution is -2.32. The zero-order chi connectivity index (χ0) is 14.3. The van der Waals surface area contributed by atoms with Crippen molar-refractivity contribution < 1.29 is 23.1 Å². The van der Waals surface area contributed by atoms with Crippen LogP contribution >= 0.6 is 0 Å². The van der Waals surface area contributed by atoms with E-state index >= 15 is 0 Å². The van der Waals surface area contributed by atoms with Gasteiger partial charge < -0.3 is 10.8 Å². The van der Waals surface area contributed by atoms with Crippen LogP contribution < -0.4 is 5.73 Å². The highest BCUT2D eigenvalue weighted by molar-refractivity contribution is 5.73. The minimum absolute atomic E-state index is 0.0446. The number of alkyl halides is 3. The van der Waals surface area contributed by atoms with Crippen molar-refractivity contribution in [3.05, 3.63) is 35.4 Å². The van der Waals surface area contributed by atoms with Gasteiger partial charge in [0.2, 0.25) is 0 Å². The number of aliphatic carboxylic acids is 1. The van der Waals surface area contributed by atoms with E-state index in [1.54, 1.807) is 0 Å². The van der Waals surface area contributed by atoms with Crippen LogP contribution in [0.2, 0.25) is 0 Å². The van der Waals surface area contributed by atoms with Gasteiger partial charge in [0.25, 0.3) is 0 Å². The number of benzene rings is 1. The molecule has 5 nitrogen and oxygen atoms in total. The molecule has 0 saturated carbocycles. The van der Waals surface area contributed by atoms with Crippen molar-refractivity contribution in [2.24, 2.45) is 16.0 Å². The Hall–Kier alpha value is -1.96. The molecule has 1 aromatic carbocycles. The largest absolute Gasteiger partial charge is 0.480 e. The van der Waals surface area contributed by atoms with Crippen LogP contribution in [0.25, 0.3) is 0 Å². The third kappa shape index (κ3) is 2.43.